The predicted molar refractivity (Wildman–Crippen MR) is 107 cm³/mol. The molecule has 0 saturated heterocycles. The highest BCUT2D eigenvalue weighted by molar-refractivity contribution is 7.11. The van der Waals surface area contributed by atoms with Gasteiger partial charge in [-0.15, -0.1) is 11.3 Å². The number of rotatable bonds is 7. The van der Waals surface area contributed by atoms with Crippen molar-refractivity contribution in [2.75, 3.05) is 27.2 Å². The molecule has 1 unspecified atom stereocenters. The molecule has 0 radical (unpaired) electrons. The van der Waals surface area contributed by atoms with Gasteiger partial charge < -0.3 is 15.5 Å². The van der Waals surface area contributed by atoms with E-state index in [4.69, 9.17) is 4.99 Å². The first-order valence-electron chi connectivity index (χ1n) is 8.67. The van der Waals surface area contributed by atoms with Gasteiger partial charge in [0.05, 0.1) is 23.3 Å². The van der Waals surface area contributed by atoms with Gasteiger partial charge in [-0.25, -0.2) is 9.98 Å². The lowest BCUT2D eigenvalue weighted by atomic mass is 10.1. The van der Waals surface area contributed by atoms with E-state index >= 15 is 0 Å². The number of guanidine groups is 1. The summed E-state index contributed by atoms with van der Waals surface area (Å²) in [7, 11) is 4.21. The van der Waals surface area contributed by atoms with Crippen molar-refractivity contribution in [3.63, 3.8) is 0 Å². The Morgan fingerprint density at radius 2 is 1.92 bits per heavy atom. The molecule has 2 rings (SSSR count). The zero-order chi connectivity index (χ0) is 18.2. The average molecular weight is 360 g/mol. The van der Waals surface area contributed by atoms with Gasteiger partial charge >= 0.3 is 0 Å². The summed E-state index contributed by atoms with van der Waals surface area (Å²) in [4.78, 5) is 12.7. The molecule has 1 atom stereocenters. The van der Waals surface area contributed by atoms with Crippen LogP contribution in [0, 0.1) is 13.8 Å². The van der Waals surface area contributed by atoms with Crippen LogP contribution in [0.3, 0.4) is 0 Å². The van der Waals surface area contributed by atoms with Gasteiger partial charge in [0, 0.05) is 18.0 Å². The van der Waals surface area contributed by atoms with Crippen molar-refractivity contribution in [2.45, 2.75) is 33.4 Å². The van der Waals surface area contributed by atoms with Gasteiger partial charge in [0.2, 0.25) is 0 Å². The van der Waals surface area contributed by atoms with Crippen LogP contribution < -0.4 is 10.6 Å². The highest BCUT2D eigenvalue weighted by atomic mass is 32.1. The van der Waals surface area contributed by atoms with E-state index in [9.17, 15) is 0 Å². The smallest absolute Gasteiger partial charge is 0.191 e. The molecule has 0 aliphatic heterocycles. The van der Waals surface area contributed by atoms with E-state index in [1.807, 2.05) is 13.8 Å². The van der Waals surface area contributed by atoms with E-state index in [2.05, 4.69) is 71.9 Å². The molecule has 0 aliphatic rings. The quantitative estimate of drug-likeness (QED) is 0.589. The van der Waals surface area contributed by atoms with Crippen LogP contribution in [-0.2, 0) is 6.54 Å². The normalized spacial score (nSPS) is 13.1. The molecule has 0 amide bonds. The lowest BCUT2D eigenvalue weighted by Gasteiger charge is -2.26. The van der Waals surface area contributed by atoms with E-state index in [-0.39, 0.29) is 6.04 Å². The van der Waals surface area contributed by atoms with Gasteiger partial charge in [-0.2, -0.15) is 0 Å². The highest BCUT2D eigenvalue weighted by Gasteiger charge is 2.14. The Bertz CT molecular complexity index is 678. The Hall–Kier alpha value is -1.92. The molecule has 2 aromatic rings. The number of likely N-dealkylation sites (N-methyl/N-ethyl adjacent to an activating group) is 1. The van der Waals surface area contributed by atoms with Crippen LogP contribution >= 0.6 is 11.3 Å². The molecule has 1 heterocycles. The van der Waals surface area contributed by atoms with Crippen LogP contribution in [0.1, 0.15) is 34.1 Å². The third kappa shape index (κ3) is 5.83. The first-order chi connectivity index (χ1) is 12.0. The number of thiazole rings is 1. The molecule has 0 saturated carbocycles. The maximum absolute atomic E-state index is 4.73. The first kappa shape index (κ1) is 19.4. The third-order valence-electron chi connectivity index (χ3n) is 4.00. The van der Waals surface area contributed by atoms with Crippen molar-refractivity contribution in [3.05, 3.63) is 51.5 Å². The van der Waals surface area contributed by atoms with Gasteiger partial charge in [-0.3, -0.25) is 0 Å². The first-order valence-corrected chi connectivity index (χ1v) is 9.49. The maximum atomic E-state index is 4.73. The average Bonchev–Trinajstić information content (AvgIpc) is 2.91. The minimum atomic E-state index is 0.289. The van der Waals surface area contributed by atoms with Gasteiger partial charge in [0.1, 0.15) is 0 Å². The van der Waals surface area contributed by atoms with Crippen LogP contribution in [0.25, 0.3) is 0 Å². The highest BCUT2D eigenvalue weighted by Crippen LogP contribution is 2.18. The van der Waals surface area contributed by atoms with Crippen molar-refractivity contribution in [1.29, 1.82) is 0 Å². The van der Waals surface area contributed by atoms with Crippen molar-refractivity contribution in [2.24, 2.45) is 4.99 Å². The van der Waals surface area contributed by atoms with Gasteiger partial charge in [0.15, 0.2) is 5.96 Å². The van der Waals surface area contributed by atoms with Crippen molar-refractivity contribution >= 4 is 17.3 Å². The lowest BCUT2D eigenvalue weighted by Crippen LogP contribution is -2.41. The predicted octanol–water partition coefficient (Wildman–Crippen LogP) is 3.12. The van der Waals surface area contributed by atoms with Crippen molar-refractivity contribution in [3.8, 4) is 0 Å². The number of aromatic nitrogens is 1. The van der Waals surface area contributed by atoms with Gasteiger partial charge in [-0.1, -0.05) is 30.3 Å². The van der Waals surface area contributed by atoms with Crippen molar-refractivity contribution < 1.29 is 0 Å². The molecule has 0 aliphatic carbocycles. The number of aliphatic imine (C=N–C) groups is 1. The Labute approximate surface area is 155 Å². The molecule has 2 N–H and O–H groups in total. The molecule has 25 heavy (non-hydrogen) atoms. The topological polar surface area (TPSA) is 52.6 Å². The molecule has 0 fully saturated rings. The van der Waals surface area contributed by atoms with E-state index in [0.717, 1.165) is 29.8 Å². The minimum absolute atomic E-state index is 0.289. The number of nitrogens with one attached hydrogen (secondary N) is 2. The fourth-order valence-corrected chi connectivity index (χ4v) is 3.54. The Balaban J connectivity index is 2.04. The second-order valence-corrected chi connectivity index (χ2v) is 7.50. The summed E-state index contributed by atoms with van der Waals surface area (Å²) in [6.07, 6.45) is 0. The molecule has 6 heteroatoms. The van der Waals surface area contributed by atoms with Gasteiger partial charge in [-0.05, 0) is 40.4 Å². The molecule has 1 aromatic carbocycles. The molecule has 1 aromatic heterocycles. The fourth-order valence-electron chi connectivity index (χ4n) is 2.68. The fraction of sp³-hybridized carbons (Fsp3) is 0.474. The van der Waals surface area contributed by atoms with Crippen LogP contribution in [0.4, 0.5) is 0 Å². The van der Waals surface area contributed by atoms with Crippen molar-refractivity contribution in [1.82, 2.24) is 20.5 Å². The number of nitrogens with zero attached hydrogens (tertiary/aromatic N) is 3. The largest absolute Gasteiger partial charge is 0.357 e. The Morgan fingerprint density at radius 3 is 2.48 bits per heavy atom. The summed E-state index contributed by atoms with van der Waals surface area (Å²) < 4.78 is 0. The van der Waals surface area contributed by atoms with Gasteiger partial charge in [0.25, 0.3) is 0 Å². The molecule has 0 bridgehead atoms. The molecule has 136 valence electrons. The molecule has 5 nitrogen and oxygen atoms in total. The van der Waals surface area contributed by atoms with Crippen LogP contribution in [0.5, 0.6) is 0 Å². The summed E-state index contributed by atoms with van der Waals surface area (Å²) in [5, 5.41) is 7.90. The molecular weight excluding hydrogens is 330 g/mol. The summed E-state index contributed by atoms with van der Waals surface area (Å²) in [5.41, 5.74) is 2.38. The molecule has 0 spiro atoms. The van der Waals surface area contributed by atoms with Crippen LogP contribution in [0.2, 0.25) is 0 Å². The minimum Gasteiger partial charge on any atom is -0.357 e. The second kappa shape index (κ2) is 9.53. The molecular formula is C19H29N5S. The van der Waals surface area contributed by atoms with E-state index in [1.54, 1.807) is 11.3 Å². The summed E-state index contributed by atoms with van der Waals surface area (Å²) >= 11 is 1.72. The Morgan fingerprint density at radius 1 is 1.20 bits per heavy atom. The number of hydrogen-bond donors (Lipinski definition) is 2. The van der Waals surface area contributed by atoms with E-state index in [1.165, 1.54) is 10.4 Å². The second-order valence-electron chi connectivity index (χ2n) is 6.21. The van der Waals surface area contributed by atoms with E-state index < -0.39 is 0 Å². The zero-order valence-electron chi connectivity index (χ0n) is 15.8. The summed E-state index contributed by atoms with van der Waals surface area (Å²) in [6, 6.07) is 10.8. The number of benzene rings is 1. The van der Waals surface area contributed by atoms with Crippen LogP contribution in [-0.4, -0.2) is 43.0 Å². The standard InChI is InChI=1S/C19H29N5S/c1-6-20-19(22-13-18-14(2)23-15(3)25-18)21-12-17(24(4)5)16-10-8-7-9-11-16/h7-11,17H,6,12-13H2,1-5H3,(H2,20,21,22). The SMILES string of the molecule is CCNC(=NCc1sc(C)nc1C)NCC(c1ccccc1)N(C)C. The number of hydrogen-bond acceptors (Lipinski definition) is 4. The maximum Gasteiger partial charge on any atom is 0.191 e. The summed E-state index contributed by atoms with van der Waals surface area (Å²) in [5.74, 6) is 0.843. The van der Waals surface area contributed by atoms with Crippen LogP contribution in [0.15, 0.2) is 35.3 Å². The number of aryl methyl sites for hydroxylation is 2. The zero-order valence-corrected chi connectivity index (χ0v) is 16.7. The third-order valence-corrected chi connectivity index (χ3v) is 5.05. The monoisotopic (exact) mass is 359 g/mol. The summed E-state index contributed by atoms with van der Waals surface area (Å²) in [6.45, 7) is 8.46. The van der Waals surface area contributed by atoms with E-state index in [0.29, 0.717) is 6.54 Å². The lowest BCUT2D eigenvalue weighted by molar-refractivity contribution is 0.298. The Kier molecular flexibility index (Phi) is 7.40.